The zero-order chi connectivity index (χ0) is 31.9. The summed E-state index contributed by atoms with van der Waals surface area (Å²) < 4.78 is 39.5. The van der Waals surface area contributed by atoms with E-state index in [1.54, 1.807) is 7.05 Å². The molecule has 1 aliphatic rings. The van der Waals surface area contributed by atoms with Gasteiger partial charge in [0.1, 0.15) is 13.2 Å². The van der Waals surface area contributed by atoms with Crippen LogP contribution in [0.5, 0.6) is 0 Å². The van der Waals surface area contributed by atoms with Gasteiger partial charge >= 0.3 is 12.2 Å². The van der Waals surface area contributed by atoms with Gasteiger partial charge in [-0.15, -0.1) is 0 Å². The van der Waals surface area contributed by atoms with Gasteiger partial charge < -0.3 is 19.3 Å². The van der Waals surface area contributed by atoms with E-state index in [-0.39, 0.29) is 44.1 Å². The van der Waals surface area contributed by atoms with Gasteiger partial charge in [-0.25, -0.2) is 9.59 Å². The van der Waals surface area contributed by atoms with E-state index >= 15 is 0 Å². The van der Waals surface area contributed by atoms with Crippen molar-refractivity contribution in [1.29, 1.82) is 0 Å². The second kappa shape index (κ2) is 13.8. The molecular formula is C27H34N4O11S. The van der Waals surface area contributed by atoms with Crippen LogP contribution in [0, 0.1) is 25.6 Å². The number of amides is 2. The summed E-state index contributed by atoms with van der Waals surface area (Å²) in [5, 5.41) is 21.7. The molecule has 0 N–H and O–H groups in total. The molecule has 0 saturated carbocycles. The Bertz CT molecular complexity index is 1430. The summed E-state index contributed by atoms with van der Waals surface area (Å²) in [5.41, 5.74) is 0.375. The van der Waals surface area contributed by atoms with Gasteiger partial charge in [-0.1, -0.05) is 13.8 Å². The largest absolute Gasteiger partial charge is 0.445 e. The second-order valence-corrected chi connectivity index (χ2v) is 12.7. The van der Waals surface area contributed by atoms with E-state index in [9.17, 15) is 38.2 Å². The Kier molecular flexibility index (Phi) is 10.6. The number of nitro groups is 2. The van der Waals surface area contributed by atoms with Crippen molar-refractivity contribution in [2.75, 3.05) is 26.4 Å². The molecule has 1 saturated heterocycles. The highest BCUT2D eigenvalue weighted by Crippen LogP contribution is 2.33. The van der Waals surface area contributed by atoms with E-state index in [0.717, 1.165) is 6.26 Å². The van der Waals surface area contributed by atoms with Crippen LogP contribution in [0.15, 0.2) is 48.5 Å². The topological polar surface area (TPSA) is 189 Å². The van der Waals surface area contributed by atoms with Gasteiger partial charge in [-0.05, 0) is 53.6 Å². The van der Waals surface area contributed by atoms with E-state index in [2.05, 4.69) is 0 Å². The van der Waals surface area contributed by atoms with Crippen molar-refractivity contribution >= 4 is 33.7 Å². The summed E-state index contributed by atoms with van der Waals surface area (Å²) in [4.78, 5) is 49.1. The number of nitro benzene ring substituents is 2. The predicted molar refractivity (Wildman–Crippen MR) is 152 cm³/mol. The van der Waals surface area contributed by atoms with Crippen LogP contribution in [0.25, 0.3) is 0 Å². The molecule has 0 aromatic heterocycles. The fourth-order valence-electron chi connectivity index (χ4n) is 4.93. The van der Waals surface area contributed by atoms with Crippen LogP contribution in [-0.4, -0.2) is 78.8 Å². The Hall–Kier alpha value is -4.31. The summed E-state index contributed by atoms with van der Waals surface area (Å²) >= 11 is 0. The first-order valence-electron chi connectivity index (χ1n) is 13.2. The van der Waals surface area contributed by atoms with Crippen LogP contribution in [0.2, 0.25) is 0 Å². The van der Waals surface area contributed by atoms with Gasteiger partial charge in [-0.2, -0.15) is 8.42 Å². The molecule has 1 fully saturated rings. The first-order valence-corrected chi connectivity index (χ1v) is 15.0. The lowest BCUT2D eigenvalue weighted by Crippen LogP contribution is -2.42. The number of nitrogens with zero attached hydrogens (tertiary/aromatic N) is 4. The average molecular weight is 623 g/mol. The predicted octanol–water partition coefficient (Wildman–Crippen LogP) is 4.24. The normalized spacial score (nSPS) is 16.9. The van der Waals surface area contributed by atoms with E-state index in [0.29, 0.717) is 17.5 Å². The van der Waals surface area contributed by atoms with Crippen molar-refractivity contribution in [3.63, 3.8) is 0 Å². The fourth-order valence-corrected chi connectivity index (χ4v) is 5.56. The molecule has 0 unspecified atom stereocenters. The molecule has 2 atom stereocenters. The first-order chi connectivity index (χ1) is 20.0. The summed E-state index contributed by atoms with van der Waals surface area (Å²) in [6, 6.07) is 10.7. The van der Waals surface area contributed by atoms with Crippen LogP contribution < -0.4 is 0 Å². The van der Waals surface area contributed by atoms with E-state index < -0.39 is 49.7 Å². The van der Waals surface area contributed by atoms with Crippen LogP contribution in [-0.2, 0) is 37.0 Å². The Morgan fingerprint density at radius 1 is 0.953 bits per heavy atom. The van der Waals surface area contributed by atoms with Crippen LogP contribution >= 0.6 is 0 Å². The maximum Gasteiger partial charge on any atom is 0.410 e. The molecule has 15 nitrogen and oxygen atoms in total. The number of benzene rings is 2. The lowest BCUT2D eigenvalue weighted by molar-refractivity contribution is -0.385. The van der Waals surface area contributed by atoms with Gasteiger partial charge in [0.2, 0.25) is 0 Å². The van der Waals surface area contributed by atoms with Gasteiger partial charge in [-0.3, -0.25) is 24.4 Å². The quantitative estimate of drug-likeness (QED) is 0.187. The molecule has 1 heterocycles. The smallest absolute Gasteiger partial charge is 0.410 e. The third-order valence-corrected chi connectivity index (χ3v) is 7.33. The van der Waals surface area contributed by atoms with Crippen LogP contribution in [0.3, 0.4) is 0 Å². The van der Waals surface area contributed by atoms with Gasteiger partial charge in [0, 0.05) is 43.9 Å². The molecule has 0 aliphatic carbocycles. The minimum absolute atomic E-state index is 0.0277. The Labute approximate surface area is 248 Å². The minimum atomic E-state index is -3.79. The molecule has 3 rings (SSSR count). The first kappa shape index (κ1) is 33.2. The van der Waals surface area contributed by atoms with Crippen LogP contribution in [0.4, 0.5) is 21.0 Å². The van der Waals surface area contributed by atoms with Crippen molar-refractivity contribution in [3.8, 4) is 0 Å². The molecule has 2 aromatic carbocycles. The molecule has 16 heteroatoms. The van der Waals surface area contributed by atoms with Gasteiger partial charge in [0.05, 0.1) is 28.8 Å². The summed E-state index contributed by atoms with van der Waals surface area (Å²) in [6.07, 6.45) is -0.586. The highest BCUT2D eigenvalue weighted by molar-refractivity contribution is 7.86. The van der Waals surface area contributed by atoms with Crippen molar-refractivity contribution in [1.82, 2.24) is 9.80 Å². The number of rotatable bonds is 12. The number of carbonyl (C=O) groups excluding carboxylic acids is 2. The lowest BCUT2D eigenvalue weighted by atomic mass is 9.84. The molecule has 1 aliphatic heterocycles. The van der Waals surface area contributed by atoms with Gasteiger partial charge in [0.15, 0.2) is 0 Å². The highest BCUT2D eigenvalue weighted by Gasteiger charge is 2.41. The third kappa shape index (κ3) is 10.2. The number of ether oxygens (including phenoxy) is 2. The molecule has 2 aromatic rings. The van der Waals surface area contributed by atoms with Crippen molar-refractivity contribution in [2.24, 2.45) is 5.41 Å². The van der Waals surface area contributed by atoms with E-state index in [1.165, 1.54) is 58.3 Å². The Morgan fingerprint density at radius 3 is 1.91 bits per heavy atom. The summed E-state index contributed by atoms with van der Waals surface area (Å²) in [5.74, 6) is 0. The number of carbonyl (C=O) groups is 2. The van der Waals surface area contributed by atoms with Crippen LogP contribution in [0.1, 0.15) is 37.8 Å². The molecule has 2 amide bonds. The maximum atomic E-state index is 13.1. The molecule has 43 heavy (non-hydrogen) atoms. The lowest BCUT2D eigenvalue weighted by Gasteiger charge is -2.34. The zero-order valence-corrected chi connectivity index (χ0v) is 25.0. The number of likely N-dealkylation sites (tertiary alicyclic amines) is 1. The molecule has 0 bridgehead atoms. The molecule has 0 radical (unpaired) electrons. The van der Waals surface area contributed by atoms with E-state index in [4.69, 9.17) is 13.7 Å². The third-order valence-electron chi connectivity index (χ3n) is 6.71. The maximum absolute atomic E-state index is 13.1. The standard InChI is InChI=1S/C27H34N4O11S/c1-27(2,18-28(3)25(32)40-16-19-5-9-21(10-6-19)30(34)35)14-23-13-24(42-43(4,38)39)15-29(23)26(33)41-17-20-7-11-22(12-8-20)31(36)37/h5-12,23-24H,13-18H2,1-4H3/t23-,24+/m0/s1. The number of hydrogen-bond acceptors (Lipinski definition) is 11. The SMILES string of the molecule is CN(CC(C)(C)C[C@@H]1C[C@@H](OS(C)(=O)=O)CN1C(=O)OCc1ccc([N+](=O)[O-])cc1)C(=O)OCc1ccc([N+](=O)[O-])cc1. The monoisotopic (exact) mass is 622 g/mol. The average Bonchev–Trinajstić information content (AvgIpc) is 3.29. The highest BCUT2D eigenvalue weighted by atomic mass is 32.2. The molecular weight excluding hydrogens is 588 g/mol. The van der Waals surface area contributed by atoms with Crippen molar-refractivity contribution < 1.29 is 41.5 Å². The zero-order valence-electron chi connectivity index (χ0n) is 24.2. The fraction of sp³-hybridized carbons (Fsp3) is 0.481. The van der Waals surface area contributed by atoms with E-state index in [1.807, 2.05) is 13.8 Å². The second-order valence-electron chi connectivity index (χ2n) is 11.1. The van der Waals surface area contributed by atoms with Gasteiger partial charge in [0.25, 0.3) is 21.5 Å². The molecule has 234 valence electrons. The van der Waals surface area contributed by atoms with Crippen molar-refractivity contribution in [3.05, 3.63) is 79.9 Å². The number of non-ortho nitro benzene ring substituents is 2. The summed E-state index contributed by atoms with van der Waals surface area (Å²) in [6.45, 7) is 3.75. The minimum Gasteiger partial charge on any atom is -0.445 e. The number of hydrogen-bond donors (Lipinski definition) is 0. The van der Waals surface area contributed by atoms with Crippen molar-refractivity contribution in [2.45, 2.75) is 52.0 Å². The summed E-state index contributed by atoms with van der Waals surface area (Å²) in [7, 11) is -2.24. The Morgan fingerprint density at radius 2 is 1.44 bits per heavy atom. The molecule has 0 spiro atoms. The Balaban J connectivity index is 1.61.